The van der Waals surface area contributed by atoms with Crippen molar-refractivity contribution in [3.63, 3.8) is 0 Å². The maximum Gasteiger partial charge on any atom is 0.259 e. The lowest BCUT2D eigenvalue weighted by molar-refractivity contribution is 0.0752. The number of halogens is 4. The zero-order chi connectivity index (χ0) is 15.0. The van der Waals surface area contributed by atoms with Crippen LogP contribution < -0.4 is 5.32 Å². The Balaban J connectivity index is 0.00000176. The van der Waals surface area contributed by atoms with Crippen molar-refractivity contribution in [3.8, 4) is 0 Å². The molecule has 2 heterocycles. The van der Waals surface area contributed by atoms with E-state index in [9.17, 15) is 18.0 Å². The highest BCUT2D eigenvalue weighted by molar-refractivity contribution is 5.95. The minimum absolute atomic E-state index is 0. The van der Waals surface area contributed by atoms with Gasteiger partial charge in [0.05, 0.1) is 0 Å². The van der Waals surface area contributed by atoms with Crippen LogP contribution in [0.1, 0.15) is 29.6 Å². The molecule has 0 aliphatic carbocycles. The van der Waals surface area contributed by atoms with Gasteiger partial charge in [0.2, 0.25) is 0 Å². The van der Waals surface area contributed by atoms with E-state index >= 15 is 0 Å². The highest BCUT2D eigenvalue weighted by Gasteiger charge is 2.41. The first kappa shape index (κ1) is 17.1. The van der Waals surface area contributed by atoms with Gasteiger partial charge in [-0.25, -0.2) is 13.2 Å². The van der Waals surface area contributed by atoms with Crippen molar-refractivity contribution in [2.24, 2.45) is 5.41 Å². The molecule has 1 N–H and O–H groups in total. The fourth-order valence-electron chi connectivity index (χ4n) is 3.38. The first-order valence-electron chi connectivity index (χ1n) is 7.15. The Hall–Kier alpha value is -1.27. The number of nitrogens with zero attached hydrogens (tertiary/aromatic N) is 1. The second-order valence-corrected chi connectivity index (χ2v) is 5.97. The minimum atomic E-state index is -1.14. The number of nitrogens with one attached hydrogen (secondary N) is 1. The Bertz CT molecular complexity index is 553. The third kappa shape index (κ3) is 3.08. The van der Waals surface area contributed by atoms with Gasteiger partial charge in [0.25, 0.3) is 5.91 Å². The number of carbonyl (C=O) groups is 1. The van der Waals surface area contributed by atoms with Gasteiger partial charge in [0.15, 0.2) is 0 Å². The zero-order valence-corrected chi connectivity index (χ0v) is 12.8. The van der Waals surface area contributed by atoms with Crippen molar-refractivity contribution in [2.45, 2.75) is 19.3 Å². The second kappa shape index (κ2) is 6.46. The summed E-state index contributed by atoms with van der Waals surface area (Å²) in [6.45, 7) is 2.82. The molecule has 1 aromatic carbocycles. The van der Waals surface area contributed by atoms with Crippen LogP contribution in [0, 0.1) is 22.9 Å². The van der Waals surface area contributed by atoms with E-state index in [1.54, 1.807) is 0 Å². The molecule has 0 radical (unpaired) electrons. The molecule has 2 aliphatic rings. The molecule has 0 atom stereocenters. The summed E-state index contributed by atoms with van der Waals surface area (Å²) in [5.74, 6) is -3.97. The molecule has 1 aromatic rings. The highest BCUT2D eigenvalue weighted by Crippen LogP contribution is 2.39. The number of piperidine rings is 1. The molecule has 0 bridgehead atoms. The molecule has 1 spiro atoms. The Morgan fingerprint density at radius 3 is 2.27 bits per heavy atom. The predicted octanol–water partition coefficient (Wildman–Crippen LogP) is 2.74. The Morgan fingerprint density at radius 1 is 1.09 bits per heavy atom. The fraction of sp³-hybridized carbons (Fsp3) is 0.533. The summed E-state index contributed by atoms with van der Waals surface area (Å²) in [7, 11) is 0. The van der Waals surface area contributed by atoms with Crippen molar-refractivity contribution in [2.75, 3.05) is 26.2 Å². The van der Waals surface area contributed by atoms with Gasteiger partial charge in [0.1, 0.15) is 23.0 Å². The maximum atomic E-state index is 13.7. The predicted molar refractivity (Wildman–Crippen MR) is 78.6 cm³/mol. The van der Waals surface area contributed by atoms with Crippen LogP contribution in [0.25, 0.3) is 0 Å². The molecular weight excluding hydrogens is 317 g/mol. The Morgan fingerprint density at radius 2 is 1.68 bits per heavy atom. The molecule has 1 amide bonds. The topological polar surface area (TPSA) is 32.3 Å². The number of carbonyl (C=O) groups excluding carboxylic acids is 1. The molecule has 2 fully saturated rings. The van der Waals surface area contributed by atoms with Crippen LogP contribution in [0.3, 0.4) is 0 Å². The summed E-state index contributed by atoms with van der Waals surface area (Å²) >= 11 is 0. The normalized spacial score (nSPS) is 20.0. The summed E-state index contributed by atoms with van der Waals surface area (Å²) in [6, 6.07) is 1.10. The molecule has 3 rings (SSSR count). The van der Waals surface area contributed by atoms with Crippen molar-refractivity contribution < 1.29 is 18.0 Å². The van der Waals surface area contributed by atoms with Gasteiger partial charge in [-0.2, -0.15) is 0 Å². The summed E-state index contributed by atoms with van der Waals surface area (Å²) in [6.07, 6.45) is 2.78. The molecule has 7 heteroatoms. The van der Waals surface area contributed by atoms with E-state index in [0.717, 1.165) is 32.4 Å². The maximum absolute atomic E-state index is 13.7. The molecule has 2 saturated heterocycles. The number of rotatable bonds is 1. The minimum Gasteiger partial charge on any atom is -0.338 e. The number of amides is 1. The van der Waals surface area contributed by atoms with Gasteiger partial charge >= 0.3 is 0 Å². The molecule has 122 valence electrons. The zero-order valence-electron chi connectivity index (χ0n) is 12.0. The quantitative estimate of drug-likeness (QED) is 0.856. The molecular formula is C15H18ClF3N2O. The summed E-state index contributed by atoms with van der Waals surface area (Å²) in [5.41, 5.74) is -0.587. The first-order chi connectivity index (χ1) is 10.0. The van der Waals surface area contributed by atoms with E-state index in [1.165, 1.54) is 4.90 Å². The van der Waals surface area contributed by atoms with Gasteiger partial charge in [-0.05, 0) is 37.8 Å². The number of hydrogen-bond donors (Lipinski definition) is 1. The van der Waals surface area contributed by atoms with Crippen LogP contribution in [0.15, 0.2) is 12.1 Å². The first-order valence-corrected chi connectivity index (χ1v) is 7.15. The van der Waals surface area contributed by atoms with E-state index in [2.05, 4.69) is 5.32 Å². The smallest absolute Gasteiger partial charge is 0.259 e. The van der Waals surface area contributed by atoms with Gasteiger partial charge in [0, 0.05) is 25.2 Å². The van der Waals surface area contributed by atoms with Crippen LogP contribution in [0.5, 0.6) is 0 Å². The standard InChI is InChI=1S/C15H17F3N2O.ClH/c16-10-7-11(17)13(12(18)8-10)14(21)20-6-3-15(9-20)1-4-19-5-2-15;/h7-8,19H,1-6,9H2;1H. The average Bonchev–Trinajstić information content (AvgIpc) is 2.82. The molecule has 0 aromatic heterocycles. The van der Waals surface area contributed by atoms with Crippen molar-refractivity contribution in [1.82, 2.24) is 10.2 Å². The monoisotopic (exact) mass is 334 g/mol. The molecule has 22 heavy (non-hydrogen) atoms. The van der Waals surface area contributed by atoms with E-state index in [4.69, 9.17) is 0 Å². The molecule has 0 unspecified atom stereocenters. The number of benzene rings is 1. The lowest BCUT2D eigenvalue weighted by Gasteiger charge is -2.33. The molecule has 3 nitrogen and oxygen atoms in total. The SMILES string of the molecule is Cl.O=C(c1c(F)cc(F)cc1F)N1CCC2(CCNCC2)C1. The fourth-order valence-corrected chi connectivity index (χ4v) is 3.38. The van der Waals surface area contributed by atoms with Crippen LogP contribution in [0.4, 0.5) is 13.2 Å². The summed E-state index contributed by atoms with van der Waals surface area (Å²) in [5, 5.41) is 3.27. The van der Waals surface area contributed by atoms with Crippen LogP contribution in [-0.2, 0) is 0 Å². The summed E-state index contributed by atoms with van der Waals surface area (Å²) < 4.78 is 40.3. The Kier molecular flexibility index (Phi) is 5.02. The lowest BCUT2D eigenvalue weighted by Crippen LogP contribution is -2.40. The third-order valence-electron chi connectivity index (χ3n) is 4.61. The van der Waals surface area contributed by atoms with E-state index in [-0.39, 0.29) is 17.8 Å². The van der Waals surface area contributed by atoms with E-state index in [0.29, 0.717) is 25.2 Å². The summed E-state index contributed by atoms with van der Waals surface area (Å²) in [4.78, 5) is 13.8. The van der Waals surface area contributed by atoms with Crippen LogP contribution in [0.2, 0.25) is 0 Å². The second-order valence-electron chi connectivity index (χ2n) is 5.97. The largest absolute Gasteiger partial charge is 0.338 e. The van der Waals surface area contributed by atoms with E-state index in [1.807, 2.05) is 0 Å². The van der Waals surface area contributed by atoms with Gasteiger partial charge in [-0.15, -0.1) is 12.4 Å². The molecule has 0 saturated carbocycles. The van der Waals surface area contributed by atoms with Gasteiger partial charge in [-0.1, -0.05) is 0 Å². The van der Waals surface area contributed by atoms with Crippen molar-refractivity contribution in [3.05, 3.63) is 35.1 Å². The van der Waals surface area contributed by atoms with Crippen LogP contribution in [-0.4, -0.2) is 37.0 Å². The third-order valence-corrected chi connectivity index (χ3v) is 4.61. The Labute approximate surface area is 133 Å². The highest BCUT2D eigenvalue weighted by atomic mass is 35.5. The number of likely N-dealkylation sites (tertiary alicyclic amines) is 1. The lowest BCUT2D eigenvalue weighted by atomic mass is 9.78. The van der Waals surface area contributed by atoms with Crippen molar-refractivity contribution >= 4 is 18.3 Å². The molecule has 2 aliphatic heterocycles. The van der Waals surface area contributed by atoms with Crippen molar-refractivity contribution in [1.29, 1.82) is 0 Å². The average molecular weight is 335 g/mol. The van der Waals surface area contributed by atoms with Gasteiger partial charge < -0.3 is 10.2 Å². The van der Waals surface area contributed by atoms with E-state index < -0.39 is 28.9 Å². The number of hydrogen-bond acceptors (Lipinski definition) is 2. The van der Waals surface area contributed by atoms with Crippen LogP contribution >= 0.6 is 12.4 Å². The van der Waals surface area contributed by atoms with Gasteiger partial charge in [-0.3, -0.25) is 4.79 Å².